The molecule has 0 aromatic carbocycles. The molecule has 7 nitrogen and oxygen atoms in total. The maximum absolute atomic E-state index is 13.1. The number of hydrogen-bond acceptors (Lipinski definition) is 5. The molecule has 2 aromatic rings. The lowest BCUT2D eigenvalue weighted by atomic mass is 10.2. The van der Waals surface area contributed by atoms with Crippen LogP contribution in [0.2, 0.25) is 0 Å². The third kappa shape index (κ3) is 2.84. The topological polar surface area (TPSA) is 101 Å². The van der Waals surface area contributed by atoms with Crippen molar-refractivity contribution in [2.24, 2.45) is 0 Å². The number of nitrogens with one attached hydrogen (secondary N) is 1. The van der Waals surface area contributed by atoms with Gasteiger partial charge in [-0.2, -0.15) is 5.10 Å². The highest BCUT2D eigenvalue weighted by molar-refractivity contribution is 5.98. The quantitative estimate of drug-likeness (QED) is 0.840. The number of carbonyl (C=O) groups excluding carboxylic acids is 1. The zero-order valence-corrected chi connectivity index (χ0v) is 10.5. The Hall–Kier alpha value is -2.51. The molecule has 8 heteroatoms. The Morgan fingerprint density at radius 2 is 2.32 bits per heavy atom. The van der Waals surface area contributed by atoms with E-state index in [1.165, 1.54) is 4.90 Å². The molecule has 0 unspecified atom stereocenters. The summed E-state index contributed by atoms with van der Waals surface area (Å²) in [4.78, 5) is 21.1. The summed E-state index contributed by atoms with van der Waals surface area (Å²) >= 11 is 0. The molecule has 0 radical (unpaired) electrons. The van der Waals surface area contributed by atoms with Crippen LogP contribution in [-0.2, 0) is 6.54 Å². The van der Waals surface area contributed by atoms with Crippen molar-refractivity contribution in [3.8, 4) is 0 Å². The molecule has 0 fully saturated rings. The predicted molar refractivity (Wildman–Crippen MR) is 65.5 cm³/mol. The molecule has 2 heterocycles. The second kappa shape index (κ2) is 5.01. The lowest BCUT2D eigenvalue weighted by Gasteiger charge is -2.15. The number of nitrogens with zero attached hydrogens (tertiary/aromatic N) is 4. The minimum Gasteiger partial charge on any atom is -0.383 e. The first kappa shape index (κ1) is 12.9. The minimum atomic E-state index is -0.611. The van der Waals surface area contributed by atoms with E-state index in [-0.39, 0.29) is 17.9 Å². The van der Waals surface area contributed by atoms with Crippen LogP contribution in [0.4, 0.5) is 10.2 Å². The summed E-state index contributed by atoms with van der Waals surface area (Å²) in [5, 5.41) is 6.60. The van der Waals surface area contributed by atoms with E-state index in [9.17, 15) is 9.18 Å². The van der Waals surface area contributed by atoms with Crippen LogP contribution in [0.3, 0.4) is 0 Å². The Balaban J connectivity index is 2.16. The fourth-order valence-corrected chi connectivity index (χ4v) is 1.57. The van der Waals surface area contributed by atoms with Gasteiger partial charge in [0.25, 0.3) is 5.91 Å². The van der Waals surface area contributed by atoms with Crippen molar-refractivity contribution in [2.45, 2.75) is 13.5 Å². The van der Waals surface area contributed by atoms with Crippen LogP contribution in [0.1, 0.15) is 22.0 Å². The number of anilines is 1. The summed E-state index contributed by atoms with van der Waals surface area (Å²) in [5.74, 6) is 0.0649. The van der Waals surface area contributed by atoms with E-state index in [1.54, 1.807) is 14.0 Å². The standard InChI is InChI=1S/C11H13FN6O/c1-6-15-9(17-16-6)5-18(2)11(19)8-3-7(12)4-14-10(8)13/h3-4H,5H2,1-2H3,(H2,13,14)(H,15,16,17). The molecule has 0 spiro atoms. The van der Waals surface area contributed by atoms with Crippen molar-refractivity contribution in [2.75, 3.05) is 12.8 Å². The molecule has 0 saturated heterocycles. The van der Waals surface area contributed by atoms with Crippen molar-refractivity contribution in [1.29, 1.82) is 0 Å². The second-order valence-corrected chi connectivity index (χ2v) is 4.08. The minimum absolute atomic E-state index is 0.00980. The molecule has 19 heavy (non-hydrogen) atoms. The van der Waals surface area contributed by atoms with Gasteiger partial charge in [-0.05, 0) is 13.0 Å². The molecule has 0 bridgehead atoms. The fourth-order valence-electron chi connectivity index (χ4n) is 1.57. The molecule has 0 aliphatic heterocycles. The second-order valence-electron chi connectivity index (χ2n) is 4.08. The number of H-pyrrole nitrogens is 1. The smallest absolute Gasteiger partial charge is 0.257 e. The number of pyridine rings is 1. The number of aromatic nitrogens is 4. The number of aryl methyl sites for hydroxylation is 1. The molecule has 100 valence electrons. The number of hydrogen-bond donors (Lipinski definition) is 2. The van der Waals surface area contributed by atoms with E-state index in [2.05, 4.69) is 20.2 Å². The number of rotatable bonds is 3. The third-order valence-electron chi connectivity index (χ3n) is 2.48. The average Bonchev–Trinajstić information content (AvgIpc) is 2.77. The molecule has 3 N–H and O–H groups in total. The first-order valence-corrected chi connectivity index (χ1v) is 5.51. The molecular formula is C11H13FN6O. The zero-order valence-electron chi connectivity index (χ0n) is 10.5. The summed E-state index contributed by atoms with van der Waals surface area (Å²) in [5.41, 5.74) is 5.59. The highest BCUT2D eigenvalue weighted by Crippen LogP contribution is 2.13. The van der Waals surface area contributed by atoms with Gasteiger partial charge in [-0.3, -0.25) is 9.89 Å². The Bertz CT molecular complexity index is 611. The summed E-state index contributed by atoms with van der Waals surface area (Å²) in [7, 11) is 1.55. The van der Waals surface area contributed by atoms with Crippen LogP contribution in [0.15, 0.2) is 12.3 Å². The van der Waals surface area contributed by atoms with Gasteiger partial charge in [-0.1, -0.05) is 0 Å². The summed E-state index contributed by atoms with van der Waals surface area (Å²) in [6.07, 6.45) is 0.963. The summed E-state index contributed by atoms with van der Waals surface area (Å²) < 4.78 is 13.1. The van der Waals surface area contributed by atoms with Crippen LogP contribution in [0.5, 0.6) is 0 Å². The lowest BCUT2D eigenvalue weighted by Crippen LogP contribution is -2.28. The van der Waals surface area contributed by atoms with Gasteiger partial charge in [-0.25, -0.2) is 14.4 Å². The van der Waals surface area contributed by atoms with Crippen molar-refractivity contribution in [1.82, 2.24) is 25.1 Å². The number of carbonyl (C=O) groups is 1. The van der Waals surface area contributed by atoms with Gasteiger partial charge in [-0.15, -0.1) is 0 Å². The largest absolute Gasteiger partial charge is 0.383 e. The van der Waals surface area contributed by atoms with Crippen LogP contribution < -0.4 is 5.73 Å². The molecule has 1 amide bonds. The van der Waals surface area contributed by atoms with Gasteiger partial charge in [0.15, 0.2) is 5.82 Å². The Labute approximate surface area is 108 Å². The van der Waals surface area contributed by atoms with Gasteiger partial charge >= 0.3 is 0 Å². The maximum Gasteiger partial charge on any atom is 0.257 e. The average molecular weight is 264 g/mol. The zero-order chi connectivity index (χ0) is 14.0. The van der Waals surface area contributed by atoms with Crippen molar-refractivity contribution < 1.29 is 9.18 Å². The fraction of sp³-hybridized carbons (Fsp3) is 0.273. The van der Waals surface area contributed by atoms with Crippen LogP contribution in [0, 0.1) is 12.7 Å². The number of nitrogens with two attached hydrogens (primary N) is 1. The molecule has 2 rings (SSSR count). The molecule has 0 aliphatic rings. The highest BCUT2D eigenvalue weighted by atomic mass is 19.1. The van der Waals surface area contributed by atoms with Crippen molar-refractivity contribution >= 4 is 11.7 Å². The molecular weight excluding hydrogens is 251 g/mol. The SMILES string of the molecule is Cc1nc(CN(C)C(=O)c2cc(F)cnc2N)n[nH]1. The van der Waals surface area contributed by atoms with Crippen LogP contribution in [-0.4, -0.2) is 38.0 Å². The summed E-state index contributed by atoms with van der Waals surface area (Å²) in [6.45, 7) is 1.95. The lowest BCUT2D eigenvalue weighted by molar-refractivity contribution is 0.0782. The first-order valence-electron chi connectivity index (χ1n) is 5.51. The van der Waals surface area contributed by atoms with Gasteiger partial charge in [0.2, 0.25) is 0 Å². The number of amides is 1. The summed E-state index contributed by atoms with van der Waals surface area (Å²) in [6, 6.07) is 1.06. The van der Waals surface area contributed by atoms with Gasteiger partial charge < -0.3 is 10.6 Å². The van der Waals surface area contributed by atoms with Gasteiger partial charge in [0, 0.05) is 7.05 Å². The Morgan fingerprint density at radius 3 is 2.95 bits per heavy atom. The third-order valence-corrected chi connectivity index (χ3v) is 2.48. The van der Waals surface area contributed by atoms with Crippen molar-refractivity contribution in [3.63, 3.8) is 0 Å². The molecule has 0 aliphatic carbocycles. The monoisotopic (exact) mass is 264 g/mol. The van der Waals surface area contributed by atoms with Gasteiger partial charge in [0.05, 0.1) is 18.3 Å². The van der Waals surface area contributed by atoms with Crippen LogP contribution in [0.25, 0.3) is 0 Å². The number of nitrogen functional groups attached to an aromatic ring is 1. The van der Waals surface area contributed by atoms with E-state index in [4.69, 9.17) is 5.73 Å². The Morgan fingerprint density at radius 1 is 1.58 bits per heavy atom. The normalized spacial score (nSPS) is 10.5. The number of aromatic amines is 1. The molecule has 0 saturated carbocycles. The number of halogens is 1. The van der Waals surface area contributed by atoms with E-state index in [1.807, 2.05) is 0 Å². The van der Waals surface area contributed by atoms with E-state index >= 15 is 0 Å². The van der Waals surface area contributed by atoms with E-state index in [0.717, 1.165) is 12.3 Å². The maximum atomic E-state index is 13.1. The molecule has 2 aromatic heterocycles. The Kier molecular flexibility index (Phi) is 3.41. The molecule has 0 atom stereocenters. The predicted octanol–water partition coefficient (Wildman–Crippen LogP) is 0.502. The van der Waals surface area contributed by atoms with Gasteiger partial charge in [0.1, 0.15) is 17.5 Å². The van der Waals surface area contributed by atoms with E-state index in [0.29, 0.717) is 11.6 Å². The van der Waals surface area contributed by atoms with Crippen LogP contribution >= 0.6 is 0 Å². The van der Waals surface area contributed by atoms with Crippen molar-refractivity contribution in [3.05, 3.63) is 35.3 Å². The first-order chi connectivity index (χ1) is 8.97. The van der Waals surface area contributed by atoms with E-state index < -0.39 is 11.7 Å². The highest BCUT2D eigenvalue weighted by Gasteiger charge is 2.18.